The number of carbonyl (C=O) groups is 2. The van der Waals surface area contributed by atoms with Crippen LogP contribution in [0.4, 0.5) is 0 Å². The molecule has 5 heteroatoms. The Morgan fingerprint density at radius 3 is 2.33 bits per heavy atom. The maximum atomic E-state index is 11.9. The highest BCUT2D eigenvalue weighted by atomic mass is 16.5. The van der Waals surface area contributed by atoms with Crippen LogP contribution in [0.3, 0.4) is 0 Å². The Morgan fingerprint density at radius 2 is 1.89 bits per heavy atom. The van der Waals surface area contributed by atoms with Crippen LogP contribution in [0.15, 0.2) is 0 Å². The molecule has 0 bridgehead atoms. The summed E-state index contributed by atoms with van der Waals surface area (Å²) in [7, 11) is 1.32. The highest BCUT2D eigenvalue weighted by Gasteiger charge is 2.33. The van der Waals surface area contributed by atoms with Gasteiger partial charge in [0.1, 0.15) is 6.04 Å². The van der Waals surface area contributed by atoms with Crippen molar-refractivity contribution >= 4 is 11.9 Å². The van der Waals surface area contributed by atoms with E-state index in [1.165, 1.54) is 7.11 Å². The molecule has 1 fully saturated rings. The average molecular weight is 256 g/mol. The van der Waals surface area contributed by atoms with E-state index in [1.807, 2.05) is 13.8 Å². The Kier molecular flexibility index (Phi) is 5.14. The molecule has 1 aliphatic carbocycles. The summed E-state index contributed by atoms with van der Waals surface area (Å²) in [6.07, 6.45) is 4.20. The number of ether oxygens (including phenoxy) is 1. The van der Waals surface area contributed by atoms with Crippen molar-refractivity contribution in [2.45, 2.75) is 57.5 Å². The second kappa shape index (κ2) is 6.18. The first-order valence-electron chi connectivity index (χ1n) is 6.54. The number of esters is 1. The van der Waals surface area contributed by atoms with Gasteiger partial charge in [0.05, 0.1) is 7.11 Å². The minimum absolute atomic E-state index is 0.00120. The van der Waals surface area contributed by atoms with Crippen LogP contribution in [0.1, 0.15) is 46.0 Å². The average Bonchev–Trinajstić information content (AvgIpc) is 2.71. The smallest absolute Gasteiger partial charge is 0.328 e. The Labute approximate surface area is 108 Å². The molecule has 18 heavy (non-hydrogen) atoms. The first kappa shape index (κ1) is 15.0. The van der Waals surface area contributed by atoms with Crippen molar-refractivity contribution in [1.82, 2.24) is 5.32 Å². The predicted octanol–water partition coefficient (Wildman–Crippen LogP) is 0.962. The fourth-order valence-corrected chi connectivity index (χ4v) is 2.42. The third kappa shape index (κ3) is 3.98. The van der Waals surface area contributed by atoms with E-state index in [-0.39, 0.29) is 23.8 Å². The molecule has 1 aliphatic rings. The van der Waals surface area contributed by atoms with Crippen molar-refractivity contribution in [3.63, 3.8) is 0 Å². The van der Waals surface area contributed by atoms with E-state index in [4.69, 9.17) is 5.73 Å². The molecule has 104 valence electrons. The van der Waals surface area contributed by atoms with Crippen molar-refractivity contribution in [3.05, 3.63) is 0 Å². The molecule has 0 spiro atoms. The molecule has 0 aromatic heterocycles. The Hall–Kier alpha value is -1.10. The number of carbonyl (C=O) groups excluding carboxylic acids is 2. The van der Waals surface area contributed by atoms with E-state index < -0.39 is 12.0 Å². The zero-order chi connectivity index (χ0) is 13.8. The summed E-state index contributed by atoms with van der Waals surface area (Å²) >= 11 is 0. The second-order valence-electron chi connectivity index (χ2n) is 5.56. The number of nitrogens with one attached hydrogen (secondary N) is 1. The molecular weight excluding hydrogens is 232 g/mol. The van der Waals surface area contributed by atoms with Gasteiger partial charge in [-0.05, 0) is 18.8 Å². The lowest BCUT2D eigenvalue weighted by Gasteiger charge is -2.25. The van der Waals surface area contributed by atoms with Crippen LogP contribution in [0, 0.1) is 5.92 Å². The molecule has 0 aromatic rings. The maximum Gasteiger partial charge on any atom is 0.328 e. The Bertz CT molecular complexity index is 309. The molecule has 5 nitrogen and oxygen atoms in total. The fraction of sp³-hybridized carbons (Fsp3) is 0.846. The number of methoxy groups -OCH3 is 1. The zero-order valence-electron chi connectivity index (χ0n) is 11.5. The SMILES string of the molecule is COC(=O)[C@@H](NC(=O)CC1(N)CCCC1)C(C)C. The molecule has 1 atom stereocenters. The molecule has 1 amide bonds. The van der Waals surface area contributed by atoms with Gasteiger partial charge in [-0.15, -0.1) is 0 Å². The monoisotopic (exact) mass is 256 g/mol. The Morgan fingerprint density at radius 1 is 1.33 bits per heavy atom. The fourth-order valence-electron chi connectivity index (χ4n) is 2.42. The van der Waals surface area contributed by atoms with Gasteiger partial charge in [0.15, 0.2) is 0 Å². The zero-order valence-corrected chi connectivity index (χ0v) is 11.5. The second-order valence-corrected chi connectivity index (χ2v) is 5.56. The summed E-state index contributed by atoms with van der Waals surface area (Å²) in [5, 5.41) is 2.73. The van der Waals surface area contributed by atoms with Crippen LogP contribution in [0.5, 0.6) is 0 Å². The van der Waals surface area contributed by atoms with E-state index >= 15 is 0 Å². The highest BCUT2D eigenvalue weighted by Crippen LogP contribution is 2.29. The first-order chi connectivity index (χ1) is 8.38. The summed E-state index contributed by atoms with van der Waals surface area (Å²) in [5.41, 5.74) is 5.76. The number of hydrogen-bond donors (Lipinski definition) is 2. The van der Waals surface area contributed by atoms with Gasteiger partial charge in [0.2, 0.25) is 5.91 Å². The lowest BCUT2D eigenvalue weighted by molar-refractivity contribution is -0.146. The normalized spacial score (nSPS) is 19.6. The van der Waals surface area contributed by atoms with Crippen molar-refractivity contribution in [1.29, 1.82) is 0 Å². The minimum atomic E-state index is -0.590. The summed E-state index contributed by atoms with van der Waals surface area (Å²) in [6, 6.07) is -0.590. The topological polar surface area (TPSA) is 81.4 Å². The highest BCUT2D eigenvalue weighted by molar-refractivity contribution is 5.85. The molecule has 0 aliphatic heterocycles. The van der Waals surface area contributed by atoms with Crippen LogP contribution < -0.4 is 11.1 Å². The largest absolute Gasteiger partial charge is 0.467 e. The molecular formula is C13H24N2O3. The summed E-state index contributed by atoms with van der Waals surface area (Å²) in [6.45, 7) is 3.74. The van der Waals surface area contributed by atoms with Gasteiger partial charge in [-0.25, -0.2) is 4.79 Å². The van der Waals surface area contributed by atoms with Gasteiger partial charge < -0.3 is 15.8 Å². The quantitative estimate of drug-likeness (QED) is 0.718. The summed E-state index contributed by atoms with van der Waals surface area (Å²) < 4.78 is 4.68. The minimum Gasteiger partial charge on any atom is -0.467 e. The predicted molar refractivity (Wildman–Crippen MR) is 68.8 cm³/mol. The van der Waals surface area contributed by atoms with Crippen LogP contribution in [0.25, 0.3) is 0 Å². The lowest BCUT2D eigenvalue weighted by Crippen LogP contribution is -2.49. The molecule has 0 saturated heterocycles. The summed E-state index contributed by atoms with van der Waals surface area (Å²) in [5.74, 6) is -0.571. The van der Waals surface area contributed by atoms with Crippen LogP contribution in [-0.4, -0.2) is 30.6 Å². The van der Waals surface area contributed by atoms with E-state index in [0.717, 1.165) is 25.7 Å². The van der Waals surface area contributed by atoms with Crippen molar-refractivity contribution in [2.75, 3.05) is 7.11 Å². The van der Waals surface area contributed by atoms with Crippen molar-refractivity contribution in [3.8, 4) is 0 Å². The van der Waals surface area contributed by atoms with Gasteiger partial charge in [-0.2, -0.15) is 0 Å². The molecule has 0 unspecified atom stereocenters. The number of rotatable bonds is 5. The molecule has 0 radical (unpaired) electrons. The van der Waals surface area contributed by atoms with Crippen LogP contribution in [-0.2, 0) is 14.3 Å². The lowest BCUT2D eigenvalue weighted by atomic mass is 9.94. The molecule has 0 aromatic carbocycles. The third-order valence-electron chi connectivity index (χ3n) is 3.55. The number of hydrogen-bond acceptors (Lipinski definition) is 4. The van der Waals surface area contributed by atoms with Gasteiger partial charge in [0.25, 0.3) is 0 Å². The van der Waals surface area contributed by atoms with Gasteiger partial charge >= 0.3 is 5.97 Å². The van der Waals surface area contributed by atoms with Gasteiger partial charge in [-0.3, -0.25) is 4.79 Å². The molecule has 3 N–H and O–H groups in total. The van der Waals surface area contributed by atoms with Gasteiger partial charge in [0, 0.05) is 12.0 Å². The Balaban J connectivity index is 2.53. The van der Waals surface area contributed by atoms with Crippen molar-refractivity contribution in [2.24, 2.45) is 11.7 Å². The number of amides is 1. The van der Waals surface area contributed by atoms with E-state index in [9.17, 15) is 9.59 Å². The molecule has 1 rings (SSSR count). The van der Waals surface area contributed by atoms with Gasteiger partial charge in [-0.1, -0.05) is 26.7 Å². The first-order valence-corrected chi connectivity index (χ1v) is 6.54. The standard InChI is InChI=1S/C13H24N2O3/c1-9(2)11(12(17)18-3)15-10(16)8-13(14)6-4-5-7-13/h9,11H,4-8,14H2,1-3H3,(H,15,16)/t11-/m0/s1. The number of nitrogens with two attached hydrogens (primary N) is 1. The van der Waals surface area contributed by atoms with Crippen LogP contribution >= 0.6 is 0 Å². The molecule has 1 saturated carbocycles. The van der Waals surface area contributed by atoms with E-state index in [1.54, 1.807) is 0 Å². The van der Waals surface area contributed by atoms with E-state index in [0.29, 0.717) is 0 Å². The van der Waals surface area contributed by atoms with E-state index in [2.05, 4.69) is 10.1 Å². The third-order valence-corrected chi connectivity index (χ3v) is 3.55. The summed E-state index contributed by atoms with van der Waals surface area (Å²) in [4.78, 5) is 23.5. The maximum absolute atomic E-state index is 11.9. The molecule has 0 heterocycles. The van der Waals surface area contributed by atoms with Crippen LogP contribution in [0.2, 0.25) is 0 Å². The van der Waals surface area contributed by atoms with Crippen molar-refractivity contribution < 1.29 is 14.3 Å².